The van der Waals surface area contributed by atoms with Crippen LogP contribution >= 0.6 is 0 Å². The average molecular weight is 634 g/mol. The molecule has 0 aromatic carbocycles. The first-order valence-electron chi connectivity index (χ1n) is 16.7. The number of cyclic esters (lactones) is 1. The van der Waals surface area contributed by atoms with Crippen molar-refractivity contribution in [3.8, 4) is 0 Å². The third-order valence-electron chi connectivity index (χ3n) is 10.5. The molecule has 0 bridgehead atoms. The molecule has 3 saturated heterocycles. The van der Waals surface area contributed by atoms with Crippen molar-refractivity contribution in [2.24, 2.45) is 30.2 Å². The van der Waals surface area contributed by atoms with Crippen LogP contribution in [0.25, 0.3) is 0 Å². The number of likely N-dealkylation sites (tertiary alicyclic amines) is 1. The highest BCUT2D eigenvalue weighted by Gasteiger charge is 2.50. The summed E-state index contributed by atoms with van der Waals surface area (Å²) in [5.41, 5.74) is -0.959. The summed E-state index contributed by atoms with van der Waals surface area (Å²) in [6, 6.07) is 0.336. The molecule has 11 heteroatoms. The van der Waals surface area contributed by atoms with Crippen molar-refractivity contribution in [1.82, 2.24) is 24.5 Å². The van der Waals surface area contributed by atoms with Crippen LogP contribution < -0.4 is 0 Å². The van der Waals surface area contributed by atoms with E-state index < -0.39 is 35.3 Å². The number of aryl methyl sites for hydroxylation is 1. The van der Waals surface area contributed by atoms with Gasteiger partial charge in [0.25, 0.3) is 0 Å². The summed E-state index contributed by atoms with van der Waals surface area (Å²) in [5, 5.41) is 4.30. The Morgan fingerprint density at radius 2 is 1.76 bits per heavy atom. The largest absolute Gasteiger partial charge is 0.463 e. The molecule has 1 aromatic rings. The molecule has 3 aliphatic rings. The topological polar surface area (TPSA) is 98.6 Å². The van der Waals surface area contributed by atoms with Gasteiger partial charge in [-0.05, 0) is 67.6 Å². The minimum atomic E-state index is -1.35. The van der Waals surface area contributed by atoms with Crippen LogP contribution in [0.3, 0.4) is 0 Å². The highest BCUT2D eigenvalue weighted by Crippen LogP contribution is 2.38. The molecule has 0 aliphatic carbocycles. The molecule has 1 aromatic heterocycles. The van der Waals surface area contributed by atoms with Crippen molar-refractivity contribution < 1.29 is 28.5 Å². The standard InChI is InChI=1S/C34H59N5O6/c1-22-14-34(6,42-11)31(45-29-13-27(36(7)8)12-23(2)44-29)24(3)30(40)33(4,5)32(41)43-21-28(37(9)16-22)26-19-39(20-26)18-25-15-35-38(10)17-25/h15,17,22-24,26-29,31H,12-14,16,18-21H2,1-11H3/t22-,23-,24+,27+,28?,29+,31-,34-/m1/s1. The predicted molar refractivity (Wildman–Crippen MR) is 172 cm³/mol. The number of carbonyl (C=O) groups excluding carboxylic acids is 2. The van der Waals surface area contributed by atoms with E-state index in [-0.39, 0.29) is 30.5 Å². The lowest BCUT2D eigenvalue weighted by Crippen LogP contribution is -2.58. The number of carbonyl (C=O) groups is 2. The Balaban J connectivity index is 1.57. The number of methoxy groups -OCH3 is 1. The lowest BCUT2D eigenvalue weighted by molar-refractivity contribution is -0.263. The third-order valence-corrected chi connectivity index (χ3v) is 10.5. The maximum Gasteiger partial charge on any atom is 0.319 e. The van der Waals surface area contributed by atoms with Gasteiger partial charge in [-0.15, -0.1) is 0 Å². The molecule has 0 radical (unpaired) electrons. The Hall–Kier alpha value is -1.89. The van der Waals surface area contributed by atoms with Gasteiger partial charge in [-0.25, -0.2) is 0 Å². The van der Waals surface area contributed by atoms with Crippen molar-refractivity contribution in [2.45, 2.75) is 104 Å². The lowest BCUT2D eigenvalue weighted by Gasteiger charge is -2.47. The SMILES string of the molecule is CO[C@]1(C)C[C@@H](C)CN(C)C(C2CN(Cc3cnn(C)c3)C2)COC(=O)C(C)(C)C(=O)[C@H](C)[C@H]1O[C@H]1C[C@@H](N(C)C)C[C@@H](C)O1. The second-order valence-corrected chi connectivity index (χ2v) is 15.2. The molecule has 0 amide bonds. The van der Waals surface area contributed by atoms with Crippen LogP contribution in [-0.2, 0) is 42.1 Å². The fourth-order valence-electron chi connectivity index (χ4n) is 7.80. The molecule has 1 unspecified atom stereocenters. The fraction of sp³-hybridized carbons (Fsp3) is 0.853. The molecule has 8 atom stereocenters. The molecule has 0 spiro atoms. The molecule has 4 heterocycles. The lowest BCUT2D eigenvalue weighted by atomic mass is 9.74. The Kier molecular flexibility index (Phi) is 11.6. The van der Waals surface area contributed by atoms with Crippen LogP contribution in [0.1, 0.15) is 66.4 Å². The van der Waals surface area contributed by atoms with Gasteiger partial charge in [-0.3, -0.25) is 24.1 Å². The highest BCUT2D eigenvalue weighted by molar-refractivity contribution is 6.04. The van der Waals surface area contributed by atoms with E-state index >= 15 is 0 Å². The molecular formula is C34H59N5O6. The van der Waals surface area contributed by atoms with Gasteiger partial charge in [0, 0.05) is 82.4 Å². The smallest absolute Gasteiger partial charge is 0.319 e. The Morgan fingerprint density at radius 3 is 2.36 bits per heavy atom. The van der Waals surface area contributed by atoms with Crippen LogP contribution in [0.15, 0.2) is 12.4 Å². The molecule has 3 aliphatic heterocycles. The normalized spacial score (nSPS) is 36.6. The number of rotatable bonds is 7. The number of hydrogen-bond donors (Lipinski definition) is 0. The van der Waals surface area contributed by atoms with Crippen LogP contribution in [0.2, 0.25) is 0 Å². The van der Waals surface area contributed by atoms with Gasteiger partial charge in [0.2, 0.25) is 0 Å². The number of nitrogens with zero attached hydrogens (tertiary/aromatic N) is 5. The number of likely N-dealkylation sites (N-methyl/N-ethyl adjacent to an activating group) is 1. The summed E-state index contributed by atoms with van der Waals surface area (Å²) in [5.74, 6) is -0.783. The Labute approximate surface area is 270 Å². The van der Waals surface area contributed by atoms with E-state index in [9.17, 15) is 9.59 Å². The first-order valence-corrected chi connectivity index (χ1v) is 16.7. The minimum absolute atomic E-state index is 0.0217. The molecule has 4 rings (SSSR count). The number of aromatic nitrogens is 2. The van der Waals surface area contributed by atoms with Crippen LogP contribution in [0, 0.1) is 23.2 Å². The minimum Gasteiger partial charge on any atom is -0.463 e. The highest BCUT2D eigenvalue weighted by atomic mass is 16.7. The second-order valence-electron chi connectivity index (χ2n) is 15.2. The molecule has 0 saturated carbocycles. The van der Waals surface area contributed by atoms with Crippen LogP contribution in [0.5, 0.6) is 0 Å². The second kappa shape index (κ2) is 14.5. The van der Waals surface area contributed by atoms with E-state index in [0.717, 1.165) is 32.6 Å². The first-order chi connectivity index (χ1) is 21.0. The monoisotopic (exact) mass is 633 g/mol. The Morgan fingerprint density at radius 1 is 1.07 bits per heavy atom. The molecule has 45 heavy (non-hydrogen) atoms. The molecule has 0 N–H and O–H groups in total. The number of esters is 1. The van der Waals surface area contributed by atoms with Crippen LogP contribution in [0.4, 0.5) is 0 Å². The quantitative estimate of drug-likeness (QED) is 0.329. The summed E-state index contributed by atoms with van der Waals surface area (Å²) in [4.78, 5) is 34.8. The predicted octanol–water partition coefficient (Wildman–Crippen LogP) is 3.21. The van der Waals surface area contributed by atoms with Gasteiger partial charge in [0.15, 0.2) is 12.1 Å². The van der Waals surface area contributed by atoms with Gasteiger partial charge < -0.3 is 23.8 Å². The molecule has 256 valence electrons. The van der Waals surface area contributed by atoms with Gasteiger partial charge in [-0.1, -0.05) is 13.8 Å². The maximum absolute atomic E-state index is 14.2. The van der Waals surface area contributed by atoms with E-state index in [0.29, 0.717) is 24.8 Å². The summed E-state index contributed by atoms with van der Waals surface area (Å²) in [6.07, 6.45) is 5.15. The number of ether oxygens (including phenoxy) is 4. The first kappa shape index (κ1) is 36.0. The van der Waals surface area contributed by atoms with E-state index in [2.05, 4.69) is 54.8 Å². The Bertz CT molecular complexity index is 1150. The fourth-order valence-corrected chi connectivity index (χ4v) is 7.80. The number of Topliss-reactive ketones (excluding diaryl/α,β-unsaturated/α-hetero) is 1. The van der Waals surface area contributed by atoms with Crippen molar-refractivity contribution in [3.63, 3.8) is 0 Å². The molecular weight excluding hydrogens is 574 g/mol. The van der Waals surface area contributed by atoms with Crippen molar-refractivity contribution in [2.75, 3.05) is 54.5 Å². The van der Waals surface area contributed by atoms with Crippen molar-refractivity contribution in [3.05, 3.63) is 18.0 Å². The van der Waals surface area contributed by atoms with E-state index in [1.807, 2.05) is 38.0 Å². The van der Waals surface area contributed by atoms with E-state index in [1.54, 1.807) is 21.0 Å². The number of ketones is 1. The van der Waals surface area contributed by atoms with Crippen molar-refractivity contribution >= 4 is 11.8 Å². The van der Waals surface area contributed by atoms with Gasteiger partial charge in [-0.2, -0.15) is 5.10 Å². The van der Waals surface area contributed by atoms with E-state index in [4.69, 9.17) is 18.9 Å². The zero-order valence-corrected chi connectivity index (χ0v) is 29.6. The summed E-state index contributed by atoms with van der Waals surface area (Å²) in [7, 11) is 9.90. The molecule has 11 nitrogen and oxygen atoms in total. The maximum atomic E-state index is 14.2. The summed E-state index contributed by atoms with van der Waals surface area (Å²) < 4.78 is 27.2. The zero-order chi connectivity index (χ0) is 33.3. The summed E-state index contributed by atoms with van der Waals surface area (Å²) >= 11 is 0. The van der Waals surface area contributed by atoms with Gasteiger partial charge in [0.1, 0.15) is 12.0 Å². The van der Waals surface area contributed by atoms with Gasteiger partial charge >= 0.3 is 5.97 Å². The van der Waals surface area contributed by atoms with Gasteiger partial charge in [0.05, 0.1) is 24.0 Å². The van der Waals surface area contributed by atoms with E-state index in [1.165, 1.54) is 5.56 Å². The zero-order valence-electron chi connectivity index (χ0n) is 29.6. The van der Waals surface area contributed by atoms with Crippen molar-refractivity contribution in [1.29, 1.82) is 0 Å². The molecule has 3 fully saturated rings. The van der Waals surface area contributed by atoms with Crippen LogP contribution in [-0.4, -0.2) is 127 Å². The summed E-state index contributed by atoms with van der Waals surface area (Å²) in [6.45, 7) is 15.3. The number of hydrogen-bond acceptors (Lipinski definition) is 10. The average Bonchev–Trinajstić information content (AvgIpc) is 3.36. The third kappa shape index (κ3) is 8.34.